The Balaban J connectivity index is 1.43. The highest BCUT2D eigenvalue weighted by Gasteiger charge is 2.27. The first-order valence-corrected chi connectivity index (χ1v) is 10.1. The summed E-state index contributed by atoms with van der Waals surface area (Å²) in [6.07, 6.45) is 2.57. The zero-order chi connectivity index (χ0) is 22.5. The largest absolute Gasteiger partial charge is 0.496 e. The summed E-state index contributed by atoms with van der Waals surface area (Å²) in [5.41, 5.74) is 1.31. The number of rotatable bonds is 6. The van der Waals surface area contributed by atoms with Crippen molar-refractivity contribution in [3.8, 4) is 11.5 Å². The maximum atomic E-state index is 13.1. The lowest BCUT2D eigenvalue weighted by atomic mass is 10.1. The molecule has 1 aromatic carbocycles. The number of carbonyl (C=O) groups is 2. The van der Waals surface area contributed by atoms with Gasteiger partial charge in [-0.25, -0.2) is 9.78 Å². The van der Waals surface area contributed by atoms with Crippen molar-refractivity contribution in [1.82, 2.24) is 14.9 Å². The van der Waals surface area contributed by atoms with Gasteiger partial charge in [-0.1, -0.05) is 12.1 Å². The quantitative estimate of drug-likeness (QED) is 0.542. The molecular weight excluding hydrogens is 414 g/mol. The normalized spacial score (nSPS) is 15.9. The van der Waals surface area contributed by atoms with Crippen molar-refractivity contribution in [2.24, 2.45) is 0 Å². The van der Waals surface area contributed by atoms with E-state index >= 15 is 0 Å². The van der Waals surface area contributed by atoms with Crippen molar-refractivity contribution in [1.29, 1.82) is 0 Å². The number of benzene rings is 1. The average molecular weight is 437 g/mol. The number of amides is 1. The third-order valence-corrected chi connectivity index (χ3v) is 5.11. The molecule has 1 unspecified atom stereocenters. The zero-order valence-corrected chi connectivity index (χ0v) is 17.8. The average Bonchev–Trinajstić information content (AvgIpc) is 2.86. The van der Waals surface area contributed by atoms with Gasteiger partial charge in [0.15, 0.2) is 0 Å². The van der Waals surface area contributed by atoms with E-state index in [1.54, 1.807) is 24.1 Å². The van der Waals surface area contributed by atoms with Gasteiger partial charge < -0.3 is 23.8 Å². The zero-order valence-electron chi connectivity index (χ0n) is 17.8. The minimum Gasteiger partial charge on any atom is -0.496 e. The predicted octanol–water partition coefficient (Wildman–Crippen LogP) is 2.35. The van der Waals surface area contributed by atoms with Gasteiger partial charge >= 0.3 is 5.97 Å². The number of hydrogen-bond acceptors (Lipinski definition) is 8. The van der Waals surface area contributed by atoms with E-state index in [4.69, 9.17) is 18.9 Å². The van der Waals surface area contributed by atoms with E-state index in [0.717, 1.165) is 5.39 Å². The second-order valence-corrected chi connectivity index (χ2v) is 7.18. The van der Waals surface area contributed by atoms with Crippen LogP contribution in [-0.4, -0.2) is 73.4 Å². The van der Waals surface area contributed by atoms with Crippen molar-refractivity contribution in [3.63, 3.8) is 0 Å². The SMILES string of the molecule is COC(=O)c1cncc(OCC2CN(C(=O)c3cc(OC)c4ccccc4n3)CCO2)c1. The van der Waals surface area contributed by atoms with Crippen LogP contribution < -0.4 is 9.47 Å². The summed E-state index contributed by atoms with van der Waals surface area (Å²) in [5, 5.41) is 0.850. The van der Waals surface area contributed by atoms with Crippen LogP contribution >= 0.6 is 0 Å². The maximum Gasteiger partial charge on any atom is 0.339 e. The van der Waals surface area contributed by atoms with Crippen molar-refractivity contribution < 1.29 is 28.5 Å². The number of para-hydroxylation sites is 1. The minimum absolute atomic E-state index is 0.197. The summed E-state index contributed by atoms with van der Waals surface area (Å²) in [7, 11) is 2.87. The van der Waals surface area contributed by atoms with Crippen LogP contribution in [0.1, 0.15) is 20.8 Å². The second kappa shape index (κ2) is 9.61. The van der Waals surface area contributed by atoms with E-state index in [-0.39, 0.29) is 18.6 Å². The van der Waals surface area contributed by atoms with Crippen LogP contribution in [0.2, 0.25) is 0 Å². The van der Waals surface area contributed by atoms with E-state index < -0.39 is 5.97 Å². The molecule has 9 heteroatoms. The molecule has 0 aliphatic carbocycles. The standard InChI is InChI=1S/C23H23N3O6/c1-29-21-10-20(25-19-6-4-3-5-18(19)21)22(27)26-7-8-31-17(13-26)14-32-16-9-15(11-24-12-16)23(28)30-2/h3-6,9-12,17H,7-8,13-14H2,1-2H3. The third-order valence-electron chi connectivity index (χ3n) is 5.11. The van der Waals surface area contributed by atoms with Crippen molar-refractivity contribution in [2.45, 2.75) is 6.10 Å². The second-order valence-electron chi connectivity index (χ2n) is 7.18. The van der Waals surface area contributed by atoms with E-state index in [2.05, 4.69) is 9.97 Å². The Labute approximate surface area is 184 Å². The lowest BCUT2D eigenvalue weighted by molar-refractivity contribution is -0.0403. The van der Waals surface area contributed by atoms with E-state index in [1.165, 1.54) is 19.5 Å². The fourth-order valence-corrected chi connectivity index (χ4v) is 3.50. The molecule has 2 aromatic heterocycles. The predicted molar refractivity (Wildman–Crippen MR) is 115 cm³/mol. The van der Waals surface area contributed by atoms with Crippen LogP contribution in [0.15, 0.2) is 48.8 Å². The number of aromatic nitrogens is 2. The molecular formula is C23H23N3O6. The molecule has 9 nitrogen and oxygen atoms in total. The summed E-state index contributed by atoms with van der Waals surface area (Å²) in [6, 6.07) is 10.7. The number of morpholine rings is 1. The lowest BCUT2D eigenvalue weighted by Gasteiger charge is -2.32. The number of hydrogen-bond donors (Lipinski definition) is 0. The van der Waals surface area contributed by atoms with Gasteiger partial charge in [-0.2, -0.15) is 0 Å². The molecule has 32 heavy (non-hydrogen) atoms. The summed E-state index contributed by atoms with van der Waals surface area (Å²) < 4.78 is 21.6. The van der Waals surface area contributed by atoms with Crippen molar-refractivity contribution >= 4 is 22.8 Å². The lowest BCUT2D eigenvalue weighted by Crippen LogP contribution is -2.47. The van der Waals surface area contributed by atoms with E-state index in [1.807, 2.05) is 24.3 Å². The van der Waals surface area contributed by atoms with Gasteiger partial charge in [0.25, 0.3) is 5.91 Å². The molecule has 0 saturated carbocycles. The molecule has 0 radical (unpaired) electrons. The molecule has 1 fully saturated rings. The number of esters is 1. The smallest absolute Gasteiger partial charge is 0.339 e. The van der Waals surface area contributed by atoms with Gasteiger partial charge in [0, 0.05) is 24.2 Å². The molecule has 1 aliphatic rings. The van der Waals surface area contributed by atoms with Gasteiger partial charge in [0.05, 0.1) is 44.6 Å². The first kappa shape index (κ1) is 21.5. The van der Waals surface area contributed by atoms with Gasteiger partial charge in [-0.05, 0) is 18.2 Å². The number of ether oxygens (including phenoxy) is 4. The van der Waals surface area contributed by atoms with Gasteiger partial charge in [0.1, 0.15) is 29.9 Å². The molecule has 0 spiro atoms. The van der Waals surface area contributed by atoms with Gasteiger partial charge in [-0.3, -0.25) is 9.78 Å². The molecule has 1 aliphatic heterocycles. The summed E-state index contributed by atoms with van der Waals surface area (Å²) in [4.78, 5) is 35.0. The minimum atomic E-state index is -0.494. The highest BCUT2D eigenvalue weighted by Crippen LogP contribution is 2.26. The molecule has 166 valence electrons. The van der Waals surface area contributed by atoms with Gasteiger partial charge in [-0.15, -0.1) is 0 Å². The molecule has 0 N–H and O–H groups in total. The number of nitrogens with zero attached hydrogens (tertiary/aromatic N) is 3. The van der Waals surface area contributed by atoms with Crippen LogP contribution in [0.25, 0.3) is 10.9 Å². The number of fused-ring (bicyclic) bond motifs is 1. The molecule has 1 amide bonds. The molecule has 1 saturated heterocycles. The number of carbonyl (C=O) groups excluding carboxylic acids is 2. The van der Waals surface area contributed by atoms with Crippen LogP contribution in [0.3, 0.4) is 0 Å². The summed E-state index contributed by atoms with van der Waals surface area (Å²) >= 11 is 0. The highest BCUT2D eigenvalue weighted by molar-refractivity contribution is 5.97. The Morgan fingerprint density at radius 2 is 2.03 bits per heavy atom. The van der Waals surface area contributed by atoms with Crippen LogP contribution in [0.5, 0.6) is 11.5 Å². The van der Waals surface area contributed by atoms with Gasteiger partial charge in [0.2, 0.25) is 0 Å². The molecule has 1 atom stereocenters. The monoisotopic (exact) mass is 437 g/mol. The molecule has 3 heterocycles. The van der Waals surface area contributed by atoms with E-state index in [9.17, 15) is 9.59 Å². The Hall–Kier alpha value is -3.72. The maximum absolute atomic E-state index is 13.1. The van der Waals surface area contributed by atoms with Crippen LogP contribution in [0, 0.1) is 0 Å². The molecule has 3 aromatic rings. The Kier molecular flexibility index (Phi) is 6.46. The highest BCUT2D eigenvalue weighted by atomic mass is 16.5. The van der Waals surface area contributed by atoms with Crippen LogP contribution in [0.4, 0.5) is 0 Å². The fourth-order valence-electron chi connectivity index (χ4n) is 3.50. The molecule has 4 rings (SSSR count). The van der Waals surface area contributed by atoms with E-state index in [0.29, 0.717) is 48.0 Å². The fraction of sp³-hybridized carbons (Fsp3) is 0.304. The summed E-state index contributed by atoms with van der Waals surface area (Å²) in [5.74, 6) is 0.328. The Morgan fingerprint density at radius 3 is 2.84 bits per heavy atom. The first-order chi connectivity index (χ1) is 15.6. The topological polar surface area (TPSA) is 100 Å². The number of methoxy groups -OCH3 is 2. The summed E-state index contributed by atoms with van der Waals surface area (Å²) in [6.45, 7) is 1.38. The Morgan fingerprint density at radius 1 is 1.19 bits per heavy atom. The van der Waals surface area contributed by atoms with Crippen molar-refractivity contribution in [3.05, 3.63) is 60.0 Å². The first-order valence-electron chi connectivity index (χ1n) is 10.1. The molecule has 0 bridgehead atoms. The van der Waals surface area contributed by atoms with Crippen molar-refractivity contribution in [2.75, 3.05) is 40.5 Å². The number of pyridine rings is 2. The third kappa shape index (κ3) is 4.62. The van der Waals surface area contributed by atoms with Crippen LogP contribution in [-0.2, 0) is 9.47 Å². The Bertz CT molecular complexity index is 1140.